The first kappa shape index (κ1) is 14.5. The molecule has 6 nitrogen and oxygen atoms in total. The number of hydrogen-bond donors (Lipinski definition) is 2. The molecule has 0 aliphatic carbocycles. The van der Waals surface area contributed by atoms with Crippen molar-refractivity contribution in [2.75, 3.05) is 11.4 Å². The summed E-state index contributed by atoms with van der Waals surface area (Å²) in [6, 6.07) is 7.28. The lowest BCUT2D eigenvalue weighted by Crippen LogP contribution is -2.28. The van der Waals surface area contributed by atoms with Gasteiger partial charge < -0.3 is 5.73 Å². The Bertz CT molecular complexity index is 722. The normalized spacial score (nSPS) is 11.6. The third kappa shape index (κ3) is 2.30. The molecule has 0 amide bonds. The molecule has 0 radical (unpaired) electrons. The molecule has 1 heterocycles. The number of anilines is 1. The summed E-state index contributed by atoms with van der Waals surface area (Å²) in [7, 11) is -2.21. The first-order valence-electron chi connectivity index (χ1n) is 6.18. The SMILES string of the molecule is Cc1ccccc1N(C)S(=O)(=O)c1n[nH]c(C)c1CN. The van der Waals surface area contributed by atoms with Crippen molar-refractivity contribution in [3.63, 3.8) is 0 Å². The van der Waals surface area contributed by atoms with Gasteiger partial charge in [-0.2, -0.15) is 13.5 Å². The van der Waals surface area contributed by atoms with Gasteiger partial charge in [0.1, 0.15) is 0 Å². The second-order valence-electron chi connectivity index (χ2n) is 4.60. The van der Waals surface area contributed by atoms with Crippen LogP contribution in [0.25, 0.3) is 0 Å². The maximum absolute atomic E-state index is 12.7. The molecule has 0 bridgehead atoms. The molecule has 1 aromatic carbocycles. The zero-order valence-corrected chi connectivity index (χ0v) is 12.5. The van der Waals surface area contributed by atoms with Gasteiger partial charge in [-0.15, -0.1) is 0 Å². The molecule has 0 spiro atoms. The first-order valence-corrected chi connectivity index (χ1v) is 7.62. The Balaban J connectivity index is 2.53. The van der Waals surface area contributed by atoms with Gasteiger partial charge in [0.15, 0.2) is 0 Å². The van der Waals surface area contributed by atoms with Crippen LogP contribution in [-0.2, 0) is 16.6 Å². The minimum Gasteiger partial charge on any atom is -0.326 e. The molecule has 108 valence electrons. The number of aryl methyl sites for hydroxylation is 2. The monoisotopic (exact) mass is 294 g/mol. The van der Waals surface area contributed by atoms with E-state index < -0.39 is 10.0 Å². The molecule has 1 aromatic heterocycles. The summed E-state index contributed by atoms with van der Waals surface area (Å²) in [6.45, 7) is 3.74. The molecule has 20 heavy (non-hydrogen) atoms. The van der Waals surface area contributed by atoms with Crippen LogP contribution in [0.2, 0.25) is 0 Å². The number of sulfonamides is 1. The van der Waals surface area contributed by atoms with Crippen molar-refractivity contribution in [3.05, 3.63) is 41.1 Å². The van der Waals surface area contributed by atoms with E-state index in [9.17, 15) is 8.42 Å². The fraction of sp³-hybridized carbons (Fsp3) is 0.308. The molecular formula is C13H18N4O2S. The third-order valence-electron chi connectivity index (χ3n) is 3.30. The Kier molecular flexibility index (Phi) is 3.82. The first-order chi connectivity index (χ1) is 9.39. The number of aromatic nitrogens is 2. The topological polar surface area (TPSA) is 92.1 Å². The van der Waals surface area contributed by atoms with E-state index >= 15 is 0 Å². The van der Waals surface area contributed by atoms with Crippen LogP contribution in [0, 0.1) is 13.8 Å². The fourth-order valence-corrected chi connectivity index (χ4v) is 3.49. The van der Waals surface area contributed by atoms with E-state index in [1.165, 1.54) is 11.4 Å². The van der Waals surface area contributed by atoms with Gasteiger partial charge in [0.25, 0.3) is 10.0 Å². The number of benzene rings is 1. The molecule has 0 saturated carbocycles. The summed E-state index contributed by atoms with van der Waals surface area (Å²) in [6.07, 6.45) is 0. The van der Waals surface area contributed by atoms with E-state index in [0.29, 0.717) is 16.9 Å². The summed E-state index contributed by atoms with van der Waals surface area (Å²) in [5.74, 6) is 0. The smallest absolute Gasteiger partial charge is 0.283 e. The molecule has 3 N–H and O–H groups in total. The maximum atomic E-state index is 12.7. The second-order valence-corrected chi connectivity index (χ2v) is 6.48. The Morgan fingerprint density at radius 3 is 2.55 bits per heavy atom. The highest BCUT2D eigenvalue weighted by molar-refractivity contribution is 7.92. The van der Waals surface area contributed by atoms with Crippen LogP contribution >= 0.6 is 0 Å². The molecular weight excluding hydrogens is 276 g/mol. The lowest BCUT2D eigenvalue weighted by atomic mass is 10.2. The maximum Gasteiger partial charge on any atom is 0.283 e. The summed E-state index contributed by atoms with van der Waals surface area (Å²) in [5.41, 5.74) is 8.30. The molecule has 0 atom stereocenters. The van der Waals surface area contributed by atoms with Crippen molar-refractivity contribution >= 4 is 15.7 Å². The zero-order valence-electron chi connectivity index (χ0n) is 11.7. The van der Waals surface area contributed by atoms with Crippen molar-refractivity contribution in [1.29, 1.82) is 0 Å². The summed E-state index contributed by atoms with van der Waals surface area (Å²) < 4.78 is 26.6. The van der Waals surface area contributed by atoms with Crippen LogP contribution in [0.1, 0.15) is 16.8 Å². The van der Waals surface area contributed by atoms with Gasteiger partial charge in [-0.05, 0) is 25.5 Å². The number of H-pyrrole nitrogens is 1. The van der Waals surface area contributed by atoms with Crippen LogP contribution in [0.5, 0.6) is 0 Å². The number of nitrogens with one attached hydrogen (secondary N) is 1. The third-order valence-corrected chi connectivity index (χ3v) is 5.04. The van der Waals surface area contributed by atoms with Gasteiger partial charge in [0, 0.05) is 24.8 Å². The Labute approximate surface area is 118 Å². The van der Waals surface area contributed by atoms with E-state index in [0.717, 1.165) is 5.56 Å². The van der Waals surface area contributed by atoms with Crippen molar-refractivity contribution in [1.82, 2.24) is 10.2 Å². The van der Waals surface area contributed by atoms with Gasteiger partial charge in [-0.25, -0.2) is 0 Å². The van der Waals surface area contributed by atoms with E-state index in [4.69, 9.17) is 5.73 Å². The summed E-state index contributed by atoms with van der Waals surface area (Å²) in [4.78, 5) is 0. The number of para-hydroxylation sites is 1. The predicted octanol–water partition coefficient (Wildman–Crippen LogP) is 1.31. The van der Waals surface area contributed by atoms with E-state index in [1.807, 2.05) is 19.1 Å². The van der Waals surface area contributed by atoms with Crippen molar-refractivity contribution in [2.45, 2.75) is 25.4 Å². The van der Waals surface area contributed by atoms with E-state index in [-0.39, 0.29) is 11.6 Å². The molecule has 7 heteroatoms. The fourth-order valence-electron chi connectivity index (χ4n) is 2.06. The van der Waals surface area contributed by atoms with E-state index in [2.05, 4.69) is 10.2 Å². The zero-order chi connectivity index (χ0) is 14.9. The Hall–Kier alpha value is -1.86. The molecule has 2 rings (SSSR count). The van der Waals surface area contributed by atoms with Gasteiger partial charge in [-0.3, -0.25) is 9.40 Å². The Morgan fingerprint density at radius 2 is 1.95 bits per heavy atom. The highest BCUT2D eigenvalue weighted by atomic mass is 32.2. The molecule has 0 saturated heterocycles. The summed E-state index contributed by atoms with van der Waals surface area (Å²) in [5, 5.41) is 6.57. The van der Waals surface area contributed by atoms with Crippen LogP contribution in [0.3, 0.4) is 0 Å². The van der Waals surface area contributed by atoms with Gasteiger partial charge in [-0.1, -0.05) is 18.2 Å². The standard InChI is InChI=1S/C13H18N4O2S/c1-9-6-4-5-7-12(9)17(3)20(18,19)13-11(8-14)10(2)15-16-13/h4-7H,8,14H2,1-3H3,(H,15,16). The van der Waals surface area contributed by atoms with Gasteiger partial charge >= 0.3 is 0 Å². The van der Waals surface area contributed by atoms with Crippen LogP contribution < -0.4 is 10.0 Å². The highest BCUT2D eigenvalue weighted by Crippen LogP contribution is 2.26. The van der Waals surface area contributed by atoms with Crippen LogP contribution in [0.4, 0.5) is 5.69 Å². The average molecular weight is 294 g/mol. The molecule has 0 aliphatic heterocycles. The van der Waals surface area contributed by atoms with Crippen molar-refractivity contribution in [3.8, 4) is 0 Å². The number of aromatic amines is 1. The Morgan fingerprint density at radius 1 is 1.30 bits per heavy atom. The largest absolute Gasteiger partial charge is 0.326 e. The quantitative estimate of drug-likeness (QED) is 0.889. The highest BCUT2D eigenvalue weighted by Gasteiger charge is 2.28. The molecule has 0 fully saturated rings. The summed E-state index contributed by atoms with van der Waals surface area (Å²) >= 11 is 0. The minimum atomic E-state index is -3.73. The average Bonchev–Trinajstić information content (AvgIpc) is 2.80. The van der Waals surface area contributed by atoms with Crippen LogP contribution in [0.15, 0.2) is 29.3 Å². The molecule has 2 aromatic rings. The van der Waals surface area contributed by atoms with Gasteiger partial charge in [0.05, 0.1) is 5.69 Å². The molecule has 0 unspecified atom stereocenters. The minimum absolute atomic E-state index is 0.0109. The number of hydrogen-bond acceptors (Lipinski definition) is 4. The lowest BCUT2D eigenvalue weighted by molar-refractivity contribution is 0.588. The van der Waals surface area contributed by atoms with Crippen molar-refractivity contribution < 1.29 is 8.42 Å². The number of nitrogens with zero attached hydrogens (tertiary/aromatic N) is 2. The predicted molar refractivity (Wildman–Crippen MR) is 78.0 cm³/mol. The van der Waals surface area contributed by atoms with E-state index in [1.54, 1.807) is 19.1 Å². The van der Waals surface area contributed by atoms with Crippen molar-refractivity contribution in [2.24, 2.45) is 5.73 Å². The molecule has 0 aliphatic rings. The van der Waals surface area contributed by atoms with Gasteiger partial charge in [0.2, 0.25) is 5.03 Å². The van der Waals surface area contributed by atoms with Crippen LogP contribution in [-0.4, -0.2) is 25.7 Å². The lowest BCUT2D eigenvalue weighted by Gasteiger charge is -2.20. The number of rotatable bonds is 4. The number of nitrogens with two attached hydrogens (primary N) is 1. The second kappa shape index (κ2) is 5.26.